The Morgan fingerprint density at radius 2 is 2.09 bits per heavy atom. The predicted octanol–water partition coefficient (Wildman–Crippen LogP) is 4.95. The van der Waals surface area contributed by atoms with Gasteiger partial charge in [-0.3, -0.25) is 9.48 Å². The second-order valence-electron chi connectivity index (χ2n) is 8.50. The lowest BCUT2D eigenvalue weighted by Gasteiger charge is -2.16. The van der Waals surface area contributed by atoms with Crippen LogP contribution in [-0.2, 0) is 18.3 Å². The number of methoxy groups -OCH3 is 1. The fraction of sp³-hybridized carbons (Fsp3) is 0.385. The van der Waals surface area contributed by atoms with Gasteiger partial charge in [0, 0.05) is 30.8 Å². The van der Waals surface area contributed by atoms with Crippen molar-refractivity contribution in [2.75, 3.05) is 25.6 Å². The number of amides is 1. The third-order valence-corrected chi connectivity index (χ3v) is 6.68. The van der Waals surface area contributed by atoms with Gasteiger partial charge in [-0.2, -0.15) is 5.10 Å². The zero-order valence-corrected chi connectivity index (χ0v) is 21.2. The van der Waals surface area contributed by atoms with Crippen LogP contribution < -0.4 is 20.1 Å². The third kappa shape index (κ3) is 6.18. The van der Waals surface area contributed by atoms with Crippen LogP contribution in [0.15, 0.2) is 53.1 Å². The monoisotopic (exact) mass is 526 g/mol. The normalized spacial score (nSPS) is 15.3. The maximum atomic E-state index is 12.6. The Morgan fingerprint density at radius 3 is 2.76 bits per heavy atom. The summed E-state index contributed by atoms with van der Waals surface area (Å²) in [6.07, 6.45) is 6.21. The smallest absolute Gasteiger partial charge is 0.224 e. The largest absolute Gasteiger partial charge is 0.497 e. The van der Waals surface area contributed by atoms with Crippen molar-refractivity contribution in [1.29, 1.82) is 0 Å². The number of hydrogen-bond acceptors (Lipinski definition) is 5. The zero-order chi connectivity index (χ0) is 23.9. The van der Waals surface area contributed by atoms with Crippen molar-refractivity contribution < 1.29 is 14.3 Å². The van der Waals surface area contributed by atoms with Gasteiger partial charge >= 0.3 is 0 Å². The minimum absolute atomic E-state index is 0.0354. The summed E-state index contributed by atoms with van der Waals surface area (Å²) in [7, 11) is 3.54. The second-order valence-corrected chi connectivity index (χ2v) is 9.36. The molecule has 2 aromatic carbocycles. The number of aryl methyl sites for hydroxylation is 2. The quantitative estimate of drug-likeness (QED) is 0.390. The van der Waals surface area contributed by atoms with Gasteiger partial charge in [0.05, 0.1) is 30.1 Å². The summed E-state index contributed by atoms with van der Waals surface area (Å²) in [6.45, 7) is 1.72. The number of ether oxygens (including phenoxy) is 2. The molecule has 0 aliphatic carbocycles. The molecule has 180 valence electrons. The van der Waals surface area contributed by atoms with Crippen LogP contribution in [0.2, 0.25) is 0 Å². The highest BCUT2D eigenvalue weighted by Crippen LogP contribution is 2.37. The molecule has 2 N–H and O–H groups in total. The first-order valence-electron chi connectivity index (χ1n) is 11.6. The van der Waals surface area contributed by atoms with Gasteiger partial charge in [-0.25, -0.2) is 0 Å². The van der Waals surface area contributed by atoms with Gasteiger partial charge < -0.3 is 20.1 Å². The molecule has 0 saturated carbocycles. The molecule has 1 saturated heterocycles. The molecule has 1 amide bonds. The number of anilines is 1. The Kier molecular flexibility index (Phi) is 8.24. The van der Waals surface area contributed by atoms with E-state index in [-0.39, 0.29) is 5.91 Å². The summed E-state index contributed by atoms with van der Waals surface area (Å²) < 4.78 is 14.1. The van der Waals surface area contributed by atoms with Crippen molar-refractivity contribution in [3.8, 4) is 22.8 Å². The molecule has 3 aromatic rings. The topological polar surface area (TPSA) is 77.4 Å². The van der Waals surface area contributed by atoms with Crippen molar-refractivity contribution in [2.45, 2.75) is 38.1 Å². The van der Waals surface area contributed by atoms with Gasteiger partial charge in [0.15, 0.2) is 0 Å². The van der Waals surface area contributed by atoms with E-state index in [4.69, 9.17) is 9.47 Å². The van der Waals surface area contributed by atoms with Gasteiger partial charge in [-0.15, -0.1) is 0 Å². The van der Waals surface area contributed by atoms with E-state index < -0.39 is 0 Å². The van der Waals surface area contributed by atoms with E-state index in [2.05, 4.69) is 31.7 Å². The number of carbonyl (C=O) groups is 1. The molecule has 1 aliphatic heterocycles. The van der Waals surface area contributed by atoms with Gasteiger partial charge in [-0.1, -0.05) is 12.1 Å². The number of carbonyl (C=O) groups excluding carboxylic acids is 1. The molecule has 0 radical (unpaired) electrons. The molecule has 4 rings (SSSR count). The van der Waals surface area contributed by atoms with Crippen LogP contribution in [0.5, 0.6) is 11.5 Å². The van der Waals surface area contributed by atoms with Crippen LogP contribution >= 0.6 is 15.9 Å². The predicted molar refractivity (Wildman–Crippen MR) is 137 cm³/mol. The Balaban J connectivity index is 1.44. The van der Waals surface area contributed by atoms with Crippen LogP contribution in [0.1, 0.15) is 31.2 Å². The molecule has 0 spiro atoms. The highest BCUT2D eigenvalue weighted by molar-refractivity contribution is 9.10. The molecule has 2 heterocycles. The molecular weight excluding hydrogens is 496 g/mol. The van der Waals surface area contributed by atoms with Crippen LogP contribution in [0, 0.1) is 0 Å². The SMILES string of the molecule is COc1ccc(CCC(=O)Nc2ccc(OCCC3CCCN3)c(-c3c(Br)cnn3C)c2)cc1. The number of rotatable bonds is 10. The fourth-order valence-corrected chi connectivity index (χ4v) is 4.78. The molecule has 8 heteroatoms. The second kappa shape index (κ2) is 11.5. The summed E-state index contributed by atoms with van der Waals surface area (Å²) in [5.41, 5.74) is 3.62. The summed E-state index contributed by atoms with van der Waals surface area (Å²) in [5.74, 6) is 1.55. The van der Waals surface area contributed by atoms with Gasteiger partial charge in [0.1, 0.15) is 11.5 Å². The lowest BCUT2D eigenvalue weighted by atomic mass is 10.1. The highest BCUT2D eigenvalue weighted by Gasteiger charge is 2.18. The van der Waals surface area contributed by atoms with Crippen molar-refractivity contribution >= 4 is 27.5 Å². The number of halogens is 1. The summed E-state index contributed by atoms with van der Waals surface area (Å²) in [4.78, 5) is 12.6. The third-order valence-electron chi connectivity index (χ3n) is 6.10. The summed E-state index contributed by atoms with van der Waals surface area (Å²) in [6, 6.07) is 14.1. The van der Waals surface area contributed by atoms with Crippen LogP contribution in [0.25, 0.3) is 11.3 Å². The van der Waals surface area contributed by atoms with Crippen molar-refractivity contribution in [3.05, 3.63) is 58.7 Å². The van der Waals surface area contributed by atoms with E-state index in [1.807, 2.05) is 49.5 Å². The fourth-order valence-electron chi connectivity index (χ4n) is 4.22. The average molecular weight is 527 g/mol. The molecule has 7 nitrogen and oxygen atoms in total. The zero-order valence-electron chi connectivity index (χ0n) is 19.6. The first-order valence-corrected chi connectivity index (χ1v) is 12.4. The Hall–Kier alpha value is -2.84. The molecule has 34 heavy (non-hydrogen) atoms. The van der Waals surface area contributed by atoms with Gasteiger partial charge in [0.25, 0.3) is 0 Å². The first kappa shape index (κ1) is 24.3. The Labute approximate surface area is 209 Å². The minimum atomic E-state index is -0.0354. The lowest BCUT2D eigenvalue weighted by Crippen LogP contribution is -2.23. The van der Waals surface area contributed by atoms with Crippen LogP contribution in [0.3, 0.4) is 0 Å². The molecule has 1 fully saturated rings. The Bertz CT molecular complexity index is 1090. The van der Waals surface area contributed by atoms with E-state index in [9.17, 15) is 4.79 Å². The van der Waals surface area contributed by atoms with E-state index in [1.54, 1.807) is 18.0 Å². The number of hydrogen-bond donors (Lipinski definition) is 2. The summed E-state index contributed by atoms with van der Waals surface area (Å²) in [5, 5.41) is 10.9. The standard InChI is InChI=1S/C26H31BrN4O3/c1-31-26(23(27)17-29-31)22-16-20(8-11-24(22)34-15-13-19-4-3-14-28-19)30-25(32)12-7-18-5-9-21(33-2)10-6-18/h5-6,8-11,16-17,19,28H,3-4,7,12-15H2,1-2H3,(H,30,32). The van der Waals surface area contributed by atoms with Crippen molar-refractivity contribution in [2.24, 2.45) is 7.05 Å². The van der Waals surface area contributed by atoms with E-state index >= 15 is 0 Å². The lowest BCUT2D eigenvalue weighted by molar-refractivity contribution is -0.116. The molecular formula is C26H31BrN4O3. The number of benzene rings is 2. The van der Waals surface area contributed by atoms with Gasteiger partial charge in [-0.05, 0) is 84.1 Å². The van der Waals surface area contributed by atoms with E-state index in [0.717, 1.165) is 51.4 Å². The Morgan fingerprint density at radius 1 is 1.26 bits per heavy atom. The number of nitrogens with zero attached hydrogens (tertiary/aromatic N) is 2. The molecule has 1 atom stereocenters. The van der Waals surface area contributed by atoms with Crippen molar-refractivity contribution in [1.82, 2.24) is 15.1 Å². The molecule has 1 aromatic heterocycles. The van der Waals surface area contributed by atoms with Crippen molar-refractivity contribution in [3.63, 3.8) is 0 Å². The van der Waals surface area contributed by atoms with E-state index in [1.165, 1.54) is 12.8 Å². The molecule has 1 unspecified atom stereocenters. The molecule has 0 bridgehead atoms. The molecule has 1 aliphatic rings. The van der Waals surface area contributed by atoms with Crippen LogP contribution in [0.4, 0.5) is 5.69 Å². The van der Waals surface area contributed by atoms with Crippen LogP contribution in [-0.4, -0.2) is 42.0 Å². The van der Waals surface area contributed by atoms with Gasteiger partial charge in [0.2, 0.25) is 5.91 Å². The highest BCUT2D eigenvalue weighted by atomic mass is 79.9. The average Bonchev–Trinajstić information content (AvgIpc) is 3.48. The number of nitrogens with one attached hydrogen (secondary N) is 2. The maximum absolute atomic E-state index is 12.6. The first-order chi connectivity index (χ1) is 16.5. The minimum Gasteiger partial charge on any atom is -0.497 e. The summed E-state index contributed by atoms with van der Waals surface area (Å²) >= 11 is 3.60. The maximum Gasteiger partial charge on any atom is 0.224 e. The van der Waals surface area contributed by atoms with E-state index in [0.29, 0.717) is 25.5 Å². The number of aromatic nitrogens is 2.